The summed E-state index contributed by atoms with van der Waals surface area (Å²) in [7, 11) is 1.74. The van der Waals surface area contributed by atoms with Crippen LogP contribution in [0.25, 0.3) is 0 Å². The van der Waals surface area contributed by atoms with Crippen molar-refractivity contribution in [3.8, 4) is 0 Å². The first-order chi connectivity index (χ1) is 9.74. The van der Waals surface area contributed by atoms with Crippen LogP contribution in [0.1, 0.15) is 40.7 Å². The summed E-state index contributed by atoms with van der Waals surface area (Å²) in [4.78, 5) is 12.4. The second-order valence-electron chi connectivity index (χ2n) is 5.79. The van der Waals surface area contributed by atoms with E-state index < -0.39 is 0 Å². The summed E-state index contributed by atoms with van der Waals surface area (Å²) < 4.78 is 5.55. The van der Waals surface area contributed by atoms with Gasteiger partial charge in [-0.05, 0) is 49.4 Å². The maximum atomic E-state index is 12.4. The molecule has 1 heterocycles. The lowest BCUT2D eigenvalue weighted by molar-refractivity contribution is -0.0679. The predicted molar refractivity (Wildman–Crippen MR) is 77.8 cm³/mol. The third-order valence-electron chi connectivity index (χ3n) is 4.65. The Labute approximate surface area is 119 Å². The summed E-state index contributed by atoms with van der Waals surface area (Å²) in [5, 5.41) is 6.40. The van der Waals surface area contributed by atoms with E-state index in [0.29, 0.717) is 6.54 Å². The van der Waals surface area contributed by atoms with Crippen molar-refractivity contribution in [3.63, 3.8) is 0 Å². The number of rotatable bonds is 4. The summed E-state index contributed by atoms with van der Waals surface area (Å²) in [6, 6.07) is 6.00. The molecule has 4 nitrogen and oxygen atoms in total. The molecule has 0 aromatic heterocycles. The Hall–Kier alpha value is -1.39. The van der Waals surface area contributed by atoms with Gasteiger partial charge in [-0.3, -0.25) is 4.79 Å². The van der Waals surface area contributed by atoms with Crippen LogP contribution in [-0.2, 0) is 17.7 Å². The Balaban J connectivity index is 1.71. The van der Waals surface area contributed by atoms with Crippen molar-refractivity contribution in [2.24, 2.45) is 0 Å². The number of carbonyl (C=O) groups is 1. The predicted octanol–water partition coefficient (Wildman–Crippen LogP) is 1.63. The molecule has 1 saturated carbocycles. The van der Waals surface area contributed by atoms with Crippen LogP contribution in [0.15, 0.2) is 18.2 Å². The molecular weight excluding hydrogens is 252 g/mol. The summed E-state index contributed by atoms with van der Waals surface area (Å²) in [6.07, 6.45) is 4.20. The highest BCUT2D eigenvalue weighted by molar-refractivity contribution is 5.96. The first kappa shape index (κ1) is 13.6. The van der Waals surface area contributed by atoms with Gasteiger partial charge in [0.15, 0.2) is 0 Å². The van der Waals surface area contributed by atoms with E-state index >= 15 is 0 Å². The second kappa shape index (κ2) is 5.54. The summed E-state index contributed by atoms with van der Waals surface area (Å²) in [6.45, 7) is 2.42. The monoisotopic (exact) mass is 274 g/mol. The number of carbonyl (C=O) groups excluding carboxylic acids is 1. The fraction of sp³-hybridized carbons (Fsp3) is 0.562. The van der Waals surface area contributed by atoms with Crippen LogP contribution in [0.4, 0.5) is 0 Å². The Bertz CT molecular complexity index is 504. The van der Waals surface area contributed by atoms with Gasteiger partial charge in [0, 0.05) is 25.8 Å². The van der Waals surface area contributed by atoms with Crippen LogP contribution in [0, 0.1) is 0 Å². The number of nitrogens with one attached hydrogen (secondary N) is 2. The van der Waals surface area contributed by atoms with Crippen molar-refractivity contribution < 1.29 is 9.53 Å². The largest absolute Gasteiger partial charge is 0.376 e. The molecule has 1 aromatic rings. The highest BCUT2D eigenvalue weighted by Gasteiger charge is 2.37. The van der Waals surface area contributed by atoms with Gasteiger partial charge in [0.2, 0.25) is 0 Å². The number of benzene rings is 1. The van der Waals surface area contributed by atoms with Gasteiger partial charge in [0.25, 0.3) is 5.91 Å². The molecule has 0 atom stereocenters. The van der Waals surface area contributed by atoms with Gasteiger partial charge in [-0.25, -0.2) is 0 Å². The molecular formula is C16H22N2O2. The summed E-state index contributed by atoms with van der Waals surface area (Å²) >= 11 is 0. The number of ether oxygens (including phenoxy) is 1. The van der Waals surface area contributed by atoms with E-state index in [-0.39, 0.29) is 11.5 Å². The highest BCUT2D eigenvalue weighted by atomic mass is 16.5. The number of methoxy groups -OCH3 is 1. The average molecular weight is 274 g/mol. The molecule has 1 aliphatic heterocycles. The van der Waals surface area contributed by atoms with E-state index in [1.54, 1.807) is 7.11 Å². The van der Waals surface area contributed by atoms with Gasteiger partial charge in [0.1, 0.15) is 0 Å². The average Bonchev–Trinajstić information content (AvgIpc) is 2.46. The van der Waals surface area contributed by atoms with Gasteiger partial charge in [-0.2, -0.15) is 0 Å². The molecule has 1 amide bonds. The third-order valence-corrected chi connectivity index (χ3v) is 4.65. The van der Waals surface area contributed by atoms with E-state index in [9.17, 15) is 4.79 Å². The van der Waals surface area contributed by atoms with Gasteiger partial charge in [0.05, 0.1) is 5.60 Å². The van der Waals surface area contributed by atoms with Gasteiger partial charge in [-0.15, -0.1) is 0 Å². The molecule has 0 bridgehead atoms. The standard InChI is InChI=1S/C16H22N2O2/c1-20-16(7-3-8-16)11-18-15(19)14-5-2-4-12-10-17-9-6-13(12)14/h2,4-5,17H,3,6-11H2,1H3,(H,18,19). The highest BCUT2D eigenvalue weighted by Crippen LogP contribution is 2.34. The number of fused-ring (bicyclic) bond motifs is 1. The lowest BCUT2D eigenvalue weighted by Crippen LogP contribution is -2.49. The van der Waals surface area contributed by atoms with Crippen LogP contribution < -0.4 is 10.6 Å². The Morgan fingerprint density at radius 3 is 3.00 bits per heavy atom. The smallest absolute Gasteiger partial charge is 0.251 e. The van der Waals surface area contributed by atoms with E-state index in [0.717, 1.165) is 37.9 Å². The van der Waals surface area contributed by atoms with Crippen LogP contribution in [0.2, 0.25) is 0 Å². The van der Waals surface area contributed by atoms with E-state index in [1.807, 2.05) is 12.1 Å². The molecule has 1 fully saturated rings. The normalized spacial score (nSPS) is 19.9. The van der Waals surface area contributed by atoms with Crippen LogP contribution in [0.5, 0.6) is 0 Å². The lowest BCUT2D eigenvalue weighted by Gasteiger charge is -2.40. The maximum Gasteiger partial charge on any atom is 0.251 e. The first-order valence-electron chi connectivity index (χ1n) is 7.39. The Morgan fingerprint density at radius 1 is 1.45 bits per heavy atom. The van der Waals surface area contributed by atoms with Crippen molar-refractivity contribution >= 4 is 5.91 Å². The zero-order valence-electron chi connectivity index (χ0n) is 12.0. The minimum atomic E-state index is -0.119. The zero-order valence-corrected chi connectivity index (χ0v) is 12.0. The maximum absolute atomic E-state index is 12.4. The van der Waals surface area contributed by atoms with Gasteiger partial charge in [-0.1, -0.05) is 12.1 Å². The molecule has 0 spiro atoms. The molecule has 1 aliphatic carbocycles. The molecule has 3 rings (SSSR count). The van der Waals surface area contributed by atoms with E-state index in [1.165, 1.54) is 17.5 Å². The molecule has 0 unspecified atom stereocenters. The third kappa shape index (κ3) is 2.45. The van der Waals surface area contributed by atoms with Gasteiger partial charge >= 0.3 is 0 Å². The first-order valence-corrected chi connectivity index (χ1v) is 7.39. The van der Waals surface area contributed by atoms with Crippen molar-refractivity contribution in [3.05, 3.63) is 34.9 Å². The van der Waals surface area contributed by atoms with Crippen LogP contribution in [0.3, 0.4) is 0 Å². The van der Waals surface area contributed by atoms with E-state index in [2.05, 4.69) is 16.7 Å². The number of hydrogen-bond donors (Lipinski definition) is 2. The molecule has 2 N–H and O–H groups in total. The Kier molecular flexibility index (Phi) is 3.76. The van der Waals surface area contributed by atoms with Crippen molar-refractivity contribution in [1.29, 1.82) is 0 Å². The minimum Gasteiger partial charge on any atom is -0.376 e. The minimum absolute atomic E-state index is 0.0343. The SMILES string of the molecule is COC1(CNC(=O)c2cccc3c2CCNC3)CCC1. The van der Waals surface area contributed by atoms with Crippen LogP contribution >= 0.6 is 0 Å². The van der Waals surface area contributed by atoms with Crippen molar-refractivity contribution in [1.82, 2.24) is 10.6 Å². The second-order valence-corrected chi connectivity index (χ2v) is 5.79. The molecule has 108 valence electrons. The molecule has 1 aromatic carbocycles. The lowest BCUT2D eigenvalue weighted by atomic mass is 9.80. The van der Waals surface area contributed by atoms with E-state index in [4.69, 9.17) is 4.74 Å². The fourth-order valence-corrected chi connectivity index (χ4v) is 3.11. The number of amides is 1. The van der Waals surface area contributed by atoms with Crippen molar-refractivity contribution in [2.75, 3.05) is 20.2 Å². The van der Waals surface area contributed by atoms with Crippen molar-refractivity contribution in [2.45, 2.75) is 37.8 Å². The summed E-state index contributed by atoms with van der Waals surface area (Å²) in [5.41, 5.74) is 3.15. The number of hydrogen-bond acceptors (Lipinski definition) is 3. The molecule has 20 heavy (non-hydrogen) atoms. The topological polar surface area (TPSA) is 50.4 Å². The Morgan fingerprint density at radius 2 is 2.30 bits per heavy atom. The quantitative estimate of drug-likeness (QED) is 0.877. The summed E-state index contributed by atoms with van der Waals surface area (Å²) in [5.74, 6) is 0.0343. The zero-order chi connectivity index (χ0) is 14.0. The fourth-order valence-electron chi connectivity index (χ4n) is 3.11. The molecule has 0 radical (unpaired) electrons. The molecule has 0 saturated heterocycles. The molecule has 2 aliphatic rings. The van der Waals surface area contributed by atoms with Crippen LogP contribution in [-0.4, -0.2) is 31.7 Å². The molecule has 4 heteroatoms. The van der Waals surface area contributed by atoms with Gasteiger partial charge < -0.3 is 15.4 Å².